The van der Waals surface area contributed by atoms with Gasteiger partial charge in [0.05, 0.1) is 20.7 Å². The molecular weight excluding hydrogens is 499 g/mol. The maximum atomic E-state index is 7.13. The number of rotatable bonds is 6. The molecular formula is C28H56OP2Si3. The molecule has 1 nitrogen and oxygen atoms in total. The minimum absolute atomic E-state index is 0.0783. The summed E-state index contributed by atoms with van der Waals surface area (Å²) in [6.45, 7) is 43.9. The monoisotopic (exact) mass is 554 g/mol. The summed E-state index contributed by atoms with van der Waals surface area (Å²) in [6, 6.07) is 5.05. The van der Waals surface area contributed by atoms with E-state index in [1.54, 1.807) is 0 Å². The first-order valence-electron chi connectivity index (χ1n) is 12.9. The molecule has 0 saturated heterocycles. The third-order valence-corrected chi connectivity index (χ3v) is 34.4. The molecule has 0 aromatic heterocycles. The summed E-state index contributed by atoms with van der Waals surface area (Å²) in [5, 5.41) is 2.97. The minimum atomic E-state index is -1.75. The molecule has 1 aromatic carbocycles. The SMILES string of the molecule is CC(C)(C)c1cc(C(C)(C)C)c(P=C(O[Si](C)(C)C)P([Si](C)(C)C)[Si](C)(C)C)c(C(C)(C)C)c1. The van der Waals surface area contributed by atoms with Gasteiger partial charge >= 0.3 is 0 Å². The van der Waals surface area contributed by atoms with Gasteiger partial charge in [0.1, 0.15) is 0 Å². The zero-order valence-corrected chi connectivity index (χ0v) is 30.7. The van der Waals surface area contributed by atoms with Crippen molar-refractivity contribution in [1.82, 2.24) is 0 Å². The molecule has 6 heteroatoms. The zero-order chi connectivity index (χ0) is 27.3. The third-order valence-electron chi connectivity index (χ3n) is 5.73. The van der Waals surface area contributed by atoms with Crippen molar-refractivity contribution in [2.75, 3.05) is 0 Å². The summed E-state index contributed by atoms with van der Waals surface area (Å²) in [7, 11) is -3.48. The van der Waals surface area contributed by atoms with Crippen LogP contribution in [-0.4, -0.2) is 29.0 Å². The zero-order valence-electron chi connectivity index (χ0n) is 26.0. The maximum absolute atomic E-state index is 7.13. The minimum Gasteiger partial charge on any atom is -0.382 e. The van der Waals surface area contributed by atoms with Gasteiger partial charge in [0, 0.05) is 5.30 Å². The van der Waals surface area contributed by atoms with Crippen LogP contribution in [0.2, 0.25) is 58.9 Å². The third kappa shape index (κ3) is 9.07. The van der Waals surface area contributed by atoms with Gasteiger partial charge in [0.15, 0.2) is 8.32 Å². The predicted molar refractivity (Wildman–Crippen MR) is 172 cm³/mol. The molecule has 1 rings (SSSR count). The molecule has 0 saturated carbocycles. The van der Waals surface area contributed by atoms with Gasteiger partial charge in [0.25, 0.3) is 0 Å². The van der Waals surface area contributed by atoms with Crippen molar-refractivity contribution in [1.29, 1.82) is 0 Å². The van der Waals surface area contributed by atoms with E-state index in [4.69, 9.17) is 4.43 Å². The second-order valence-corrected chi connectivity index (χ2v) is 43.6. The molecule has 0 fully saturated rings. The van der Waals surface area contributed by atoms with E-state index in [-0.39, 0.29) is 23.3 Å². The lowest BCUT2D eigenvalue weighted by Crippen LogP contribution is -2.40. The lowest BCUT2D eigenvalue weighted by atomic mass is 9.75. The van der Waals surface area contributed by atoms with Crippen LogP contribution in [0.25, 0.3) is 0 Å². The van der Waals surface area contributed by atoms with E-state index in [0.717, 1.165) is 0 Å². The Labute approximate surface area is 219 Å². The second-order valence-electron chi connectivity index (χ2n) is 16.0. The van der Waals surface area contributed by atoms with E-state index in [9.17, 15) is 0 Å². The summed E-state index contributed by atoms with van der Waals surface area (Å²) < 4.78 is 7.13. The van der Waals surface area contributed by atoms with Crippen LogP contribution in [0.15, 0.2) is 12.1 Å². The Morgan fingerprint density at radius 1 is 0.647 bits per heavy atom. The molecule has 0 aliphatic carbocycles. The van der Waals surface area contributed by atoms with Crippen LogP contribution >= 0.6 is 15.2 Å². The second kappa shape index (κ2) is 10.3. The van der Waals surface area contributed by atoms with Crippen molar-refractivity contribution < 1.29 is 4.43 Å². The Balaban J connectivity index is 4.26. The van der Waals surface area contributed by atoms with Crippen LogP contribution in [-0.2, 0) is 20.7 Å². The largest absolute Gasteiger partial charge is 0.382 e. The van der Waals surface area contributed by atoms with Gasteiger partial charge in [-0.05, 0) is 60.8 Å². The Morgan fingerprint density at radius 2 is 1.00 bits per heavy atom. The Bertz CT molecular complexity index is 846. The van der Waals surface area contributed by atoms with Gasteiger partial charge in [0.2, 0.25) is 0 Å². The maximum Gasteiger partial charge on any atom is 0.192 e. The smallest absolute Gasteiger partial charge is 0.192 e. The summed E-state index contributed by atoms with van der Waals surface area (Å²) >= 11 is 0. The summed E-state index contributed by atoms with van der Waals surface area (Å²) in [5.74, 6) is 0. The number of benzene rings is 1. The highest BCUT2D eigenvalue weighted by Crippen LogP contribution is 2.58. The van der Waals surface area contributed by atoms with E-state index in [0.29, 0.717) is 0 Å². The summed E-state index contributed by atoms with van der Waals surface area (Å²) in [6.07, 6.45) is 0. The van der Waals surface area contributed by atoms with Gasteiger partial charge in [-0.2, -0.15) is 0 Å². The first kappa shape index (κ1) is 32.5. The highest BCUT2D eigenvalue weighted by molar-refractivity contribution is 8.29. The average molecular weight is 555 g/mol. The summed E-state index contributed by atoms with van der Waals surface area (Å²) in [5.41, 5.74) is 4.74. The Morgan fingerprint density at radius 3 is 1.24 bits per heavy atom. The average Bonchev–Trinajstić information content (AvgIpc) is 2.46. The topological polar surface area (TPSA) is 9.23 Å². The van der Waals surface area contributed by atoms with Crippen molar-refractivity contribution in [3.05, 3.63) is 28.8 Å². The van der Waals surface area contributed by atoms with E-state index >= 15 is 0 Å². The molecule has 0 amide bonds. The predicted octanol–water partition coefficient (Wildman–Crippen LogP) is 10.2. The van der Waals surface area contributed by atoms with Crippen molar-refractivity contribution in [2.45, 2.75) is 137 Å². The van der Waals surface area contributed by atoms with E-state index in [1.165, 1.54) is 35.4 Å². The van der Waals surface area contributed by atoms with E-state index in [2.05, 4.69) is 133 Å². The lowest BCUT2D eigenvalue weighted by Gasteiger charge is -2.42. The van der Waals surface area contributed by atoms with Crippen LogP contribution in [0.5, 0.6) is 0 Å². The quantitative estimate of drug-likeness (QED) is 0.251. The van der Waals surface area contributed by atoms with Gasteiger partial charge < -0.3 is 4.43 Å². The molecule has 34 heavy (non-hydrogen) atoms. The van der Waals surface area contributed by atoms with Crippen LogP contribution in [0, 0.1) is 0 Å². The van der Waals surface area contributed by atoms with Crippen LogP contribution < -0.4 is 5.30 Å². The first-order valence-corrected chi connectivity index (χ1v) is 27.3. The van der Waals surface area contributed by atoms with Gasteiger partial charge in [-0.1, -0.05) is 121 Å². The fraction of sp³-hybridized carbons (Fsp3) is 0.750. The normalized spacial score (nSPS) is 15.3. The summed E-state index contributed by atoms with van der Waals surface area (Å²) in [4.78, 5) is 0. The Hall–Kier alpha value is 0.431. The van der Waals surface area contributed by atoms with Gasteiger partial charge in [-0.25, -0.2) is 0 Å². The van der Waals surface area contributed by atoms with Crippen LogP contribution in [0.4, 0.5) is 0 Å². The standard InChI is InChI=1S/C28H56OP2Si3/c1-26(2,3)21-19-22(27(4,5)6)24(23(20-21)28(7,8)9)30-25(29-32(10,11)12)31(33(13,14)15)34(16,17)18/h19-20H,1-18H3. The van der Waals surface area contributed by atoms with Crippen LogP contribution in [0.3, 0.4) is 0 Å². The van der Waals surface area contributed by atoms with Crippen molar-refractivity contribution in [3.8, 4) is 0 Å². The Kier molecular flexibility index (Phi) is 9.83. The van der Waals surface area contributed by atoms with E-state index < -0.39 is 23.8 Å². The molecule has 0 N–H and O–H groups in total. The van der Waals surface area contributed by atoms with Crippen LogP contribution in [0.1, 0.15) is 79.0 Å². The van der Waals surface area contributed by atoms with Crippen molar-refractivity contribution in [3.63, 3.8) is 0 Å². The fourth-order valence-corrected chi connectivity index (χ4v) is 46.9. The van der Waals surface area contributed by atoms with Gasteiger partial charge in [-0.15, -0.1) is 0 Å². The molecule has 0 bridgehead atoms. The molecule has 0 unspecified atom stereocenters. The lowest BCUT2D eigenvalue weighted by molar-refractivity contribution is 0.554. The molecule has 0 radical (unpaired) electrons. The molecule has 0 aliphatic rings. The van der Waals surface area contributed by atoms with Crippen molar-refractivity contribution in [2.24, 2.45) is 0 Å². The molecule has 1 aromatic rings. The first-order chi connectivity index (χ1) is 14.7. The molecule has 0 aliphatic heterocycles. The molecule has 0 heterocycles. The highest BCUT2D eigenvalue weighted by Gasteiger charge is 2.42. The fourth-order valence-electron chi connectivity index (χ4n) is 4.40. The molecule has 0 spiro atoms. The van der Waals surface area contributed by atoms with Gasteiger partial charge in [-0.3, -0.25) is 0 Å². The molecule has 196 valence electrons. The number of hydrogen-bond donors (Lipinski definition) is 0. The van der Waals surface area contributed by atoms with Crippen molar-refractivity contribution >= 4 is 49.5 Å². The number of hydrogen-bond acceptors (Lipinski definition) is 1. The highest BCUT2D eigenvalue weighted by atomic mass is 31.6. The van der Waals surface area contributed by atoms with E-state index in [1.807, 2.05) is 0 Å². The molecule has 0 atom stereocenters.